The highest BCUT2D eigenvalue weighted by molar-refractivity contribution is 7.99. The number of carbonyl (C=O) groups is 1. The SMILES string of the molecule is Cc1nc(-c2cccnc2)sc1NC(=O)CCSCC=CN. The van der Waals surface area contributed by atoms with E-state index in [1.165, 1.54) is 17.5 Å². The average Bonchev–Trinajstić information content (AvgIpc) is 2.89. The number of hydrogen-bond donors (Lipinski definition) is 2. The lowest BCUT2D eigenvalue weighted by atomic mass is 10.3. The summed E-state index contributed by atoms with van der Waals surface area (Å²) in [5.74, 6) is 1.60. The van der Waals surface area contributed by atoms with Gasteiger partial charge in [0.15, 0.2) is 0 Å². The molecule has 0 aliphatic carbocycles. The van der Waals surface area contributed by atoms with E-state index >= 15 is 0 Å². The number of nitrogens with zero attached hydrogens (tertiary/aromatic N) is 2. The van der Waals surface area contributed by atoms with Gasteiger partial charge in [-0.2, -0.15) is 11.8 Å². The van der Waals surface area contributed by atoms with Gasteiger partial charge >= 0.3 is 0 Å². The van der Waals surface area contributed by atoms with Crippen LogP contribution in [0.4, 0.5) is 5.00 Å². The van der Waals surface area contributed by atoms with E-state index in [1.54, 1.807) is 24.2 Å². The van der Waals surface area contributed by atoms with E-state index in [1.807, 2.05) is 25.1 Å². The first kappa shape index (κ1) is 16.5. The monoisotopic (exact) mass is 334 g/mol. The van der Waals surface area contributed by atoms with E-state index in [-0.39, 0.29) is 5.91 Å². The lowest BCUT2D eigenvalue weighted by molar-refractivity contribution is -0.115. The Morgan fingerprint density at radius 3 is 3.14 bits per heavy atom. The summed E-state index contributed by atoms with van der Waals surface area (Å²) < 4.78 is 0. The third kappa shape index (κ3) is 4.85. The Kier molecular flexibility index (Phi) is 6.42. The van der Waals surface area contributed by atoms with Crippen LogP contribution in [-0.2, 0) is 4.79 Å². The molecule has 0 aliphatic rings. The number of hydrogen-bond acceptors (Lipinski definition) is 6. The molecule has 3 N–H and O–H groups in total. The van der Waals surface area contributed by atoms with Crippen LogP contribution in [-0.4, -0.2) is 27.4 Å². The Labute approximate surface area is 138 Å². The van der Waals surface area contributed by atoms with Crippen LogP contribution in [0.1, 0.15) is 12.1 Å². The van der Waals surface area contributed by atoms with Crippen LogP contribution >= 0.6 is 23.1 Å². The summed E-state index contributed by atoms with van der Waals surface area (Å²) in [5.41, 5.74) is 7.04. The Balaban J connectivity index is 1.90. The largest absolute Gasteiger partial charge is 0.405 e. The zero-order valence-electron chi connectivity index (χ0n) is 12.3. The summed E-state index contributed by atoms with van der Waals surface area (Å²) in [4.78, 5) is 20.5. The molecule has 2 rings (SSSR count). The molecule has 116 valence electrons. The summed E-state index contributed by atoms with van der Waals surface area (Å²) in [6.07, 6.45) is 7.36. The molecule has 2 aromatic heterocycles. The number of nitrogens with one attached hydrogen (secondary N) is 1. The van der Waals surface area contributed by atoms with E-state index in [0.29, 0.717) is 6.42 Å². The van der Waals surface area contributed by atoms with Crippen molar-refractivity contribution >= 4 is 34.0 Å². The normalized spacial score (nSPS) is 11.0. The number of nitrogens with two attached hydrogens (primary N) is 1. The minimum Gasteiger partial charge on any atom is -0.405 e. The molecule has 0 spiro atoms. The van der Waals surface area contributed by atoms with Crippen LogP contribution in [0.25, 0.3) is 10.6 Å². The lowest BCUT2D eigenvalue weighted by Gasteiger charge is -2.02. The highest BCUT2D eigenvalue weighted by Crippen LogP contribution is 2.31. The fourth-order valence-electron chi connectivity index (χ4n) is 1.69. The predicted octanol–water partition coefficient (Wildman–Crippen LogP) is 3.05. The topological polar surface area (TPSA) is 80.9 Å². The molecule has 0 radical (unpaired) electrons. The molecule has 0 unspecified atom stereocenters. The van der Waals surface area contributed by atoms with Gasteiger partial charge in [0.25, 0.3) is 0 Å². The third-order valence-electron chi connectivity index (χ3n) is 2.78. The van der Waals surface area contributed by atoms with Gasteiger partial charge in [-0.15, -0.1) is 0 Å². The number of anilines is 1. The van der Waals surface area contributed by atoms with Gasteiger partial charge < -0.3 is 11.1 Å². The van der Waals surface area contributed by atoms with Crippen molar-refractivity contribution in [2.45, 2.75) is 13.3 Å². The second-order valence-electron chi connectivity index (χ2n) is 4.48. The lowest BCUT2D eigenvalue weighted by Crippen LogP contribution is -2.12. The van der Waals surface area contributed by atoms with Crippen molar-refractivity contribution in [2.24, 2.45) is 5.73 Å². The first-order chi connectivity index (χ1) is 10.7. The van der Waals surface area contributed by atoms with Gasteiger partial charge in [-0.1, -0.05) is 17.4 Å². The summed E-state index contributed by atoms with van der Waals surface area (Å²) in [7, 11) is 0. The van der Waals surface area contributed by atoms with E-state index in [2.05, 4.69) is 15.3 Å². The maximum absolute atomic E-state index is 11.9. The smallest absolute Gasteiger partial charge is 0.225 e. The molecular formula is C15H18N4OS2. The summed E-state index contributed by atoms with van der Waals surface area (Å²) >= 11 is 3.15. The summed E-state index contributed by atoms with van der Waals surface area (Å²) in [6.45, 7) is 1.90. The molecule has 2 heterocycles. The zero-order chi connectivity index (χ0) is 15.8. The molecule has 22 heavy (non-hydrogen) atoms. The second kappa shape index (κ2) is 8.55. The molecule has 0 saturated heterocycles. The molecule has 2 aromatic rings. The van der Waals surface area contributed by atoms with Crippen LogP contribution in [0.2, 0.25) is 0 Å². The van der Waals surface area contributed by atoms with Crippen molar-refractivity contribution in [3.05, 3.63) is 42.5 Å². The molecule has 0 saturated carbocycles. The first-order valence-corrected chi connectivity index (χ1v) is 8.80. The van der Waals surface area contributed by atoms with Gasteiger partial charge in [0.1, 0.15) is 10.0 Å². The number of thioether (sulfide) groups is 1. The fraction of sp³-hybridized carbons (Fsp3) is 0.267. The second-order valence-corrected chi connectivity index (χ2v) is 6.63. The fourth-order valence-corrected chi connectivity index (χ4v) is 3.40. The van der Waals surface area contributed by atoms with Crippen LogP contribution < -0.4 is 11.1 Å². The Bertz CT molecular complexity index is 640. The van der Waals surface area contributed by atoms with Crippen molar-refractivity contribution in [3.63, 3.8) is 0 Å². The zero-order valence-corrected chi connectivity index (χ0v) is 13.9. The number of pyridine rings is 1. The van der Waals surface area contributed by atoms with E-state index in [0.717, 1.165) is 32.8 Å². The van der Waals surface area contributed by atoms with Crippen LogP contribution in [0.15, 0.2) is 36.8 Å². The average molecular weight is 334 g/mol. The molecular weight excluding hydrogens is 316 g/mol. The number of amides is 1. The predicted molar refractivity (Wildman–Crippen MR) is 94.0 cm³/mol. The summed E-state index contributed by atoms with van der Waals surface area (Å²) in [5, 5.41) is 4.60. The van der Waals surface area contributed by atoms with Crippen LogP contribution in [0.3, 0.4) is 0 Å². The standard InChI is InChI=1S/C15H18N4OS2/c1-11-14(19-13(20)5-9-21-8-3-6-16)22-15(18-11)12-4-2-7-17-10-12/h2-4,6-7,10H,5,8-9,16H2,1H3,(H,19,20). The van der Waals surface area contributed by atoms with Crippen LogP contribution in [0.5, 0.6) is 0 Å². The number of aryl methyl sites for hydroxylation is 1. The van der Waals surface area contributed by atoms with Gasteiger partial charge in [0, 0.05) is 35.9 Å². The highest BCUT2D eigenvalue weighted by atomic mass is 32.2. The number of carbonyl (C=O) groups excluding carboxylic acids is 1. The van der Waals surface area contributed by atoms with Crippen molar-refractivity contribution < 1.29 is 4.79 Å². The Hall–Kier alpha value is -1.86. The molecule has 7 heteroatoms. The van der Waals surface area contributed by atoms with Crippen molar-refractivity contribution in [1.29, 1.82) is 0 Å². The molecule has 0 aliphatic heterocycles. The molecule has 5 nitrogen and oxygen atoms in total. The Morgan fingerprint density at radius 2 is 2.41 bits per heavy atom. The maximum atomic E-state index is 11.9. The quantitative estimate of drug-likeness (QED) is 0.761. The van der Waals surface area contributed by atoms with Gasteiger partial charge in [-0.05, 0) is 25.3 Å². The first-order valence-electron chi connectivity index (χ1n) is 6.83. The van der Waals surface area contributed by atoms with Crippen molar-refractivity contribution in [1.82, 2.24) is 9.97 Å². The number of rotatable bonds is 7. The minimum absolute atomic E-state index is 0.00807. The summed E-state index contributed by atoms with van der Waals surface area (Å²) in [6, 6.07) is 3.83. The third-order valence-corrected chi connectivity index (χ3v) is 4.82. The van der Waals surface area contributed by atoms with Crippen molar-refractivity contribution in [2.75, 3.05) is 16.8 Å². The molecule has 1 amide bonds. The minimum atomic E-state index is 0.00807. The molecule has 0 aromatic carbocycles. The number of thiazole rings is 1. The van der Waals surface area contributed by atoms with E-state index in [4.69, 9.17) is 5.73 Å². The highest BCUT2D eigenvalue weighted by Gasteiger charge is 2.12. The van der Waals surface area contributed by atoms with Gasteiger partial charge in [0.2, 0.25) is 5.91 Å². The Morgan fingerprint density at radius 1 is 1.55 bits per heavy atom. The van der Waals surface area contributed by atoms with Gasteiger partial charge in [0.05, 0.1) is 5.69 Å². The molecule has 0 fully saturated rings. The van der Waals surface area contributed by atoms with E-state index < -0.39 is 0 Å². The van der Waals surface area contributed by atoms with Gasteiger partial charge in [-0.25, -0.2) is 4.98 Å². The molecule has 0 bridgehead atoms. The van der Waals surface area contributed by atoms with Crippen LogP contribution in [0, 0.1) is 6.92 Å². The number of aromatic nitrogens is 2. The van der Waals surface area contributed by atoms with Crippen molar-refractivity contribution in [3.8, 4) is 10.6 Å². The van der Waals surface area contributed by atoms with E-state index in [9.17, 15) is 4.79 Å². The molecule has 0 atom stereocenters. The van der Waals surface area contributed by atoms with Gasteiger partial charge in [-0.3, -0.25) is 9.78 Å². The maximum Gasteiger partial charge on any atom is 0.225 e.